The smallest absolute Gasteiger partial charge is 0.318 e. The van der Waals surface area contributed by atoms with Crippen LogP contribution in [0.2, 0.25) is 0 Å². The Balaban J connectivity index is 3.35. The normalized spacial score (nSPS) is 15.9. The third-order valence-corrected chi connectivity index (χ3v) is 3.98. The first-order valence-electron chi connectivity index (χ1n) is 6.68. The number of aliphatic hydroxyl groups is 1. The molecule has 0 aliphatic rings. The largest absolute Gasteiger partial charge is 0.466 e. The van der Waals surface area contributed by atoms with Crippen molar-refractivity contribution in [3.63, 3.8) is 0 Å². The Hall–Kier alpha value is -1.01. The molecule has 1 rings (SSSR count). The van der Waals surface area contributed by atoms with E-state index in [-0.39, 0.29) is 12.2 Å². The topological polar surface area (TPSA) is 46.5 Å². The molecule has 0 aliphatic heterocycles. The summed E-state index contributed by atoms with van der Waals surface area (Å²) in [6.07, 6.45) is -3.03. The van der Waals surface area contributed by atoms with Crippen molar-refractivity contribution in [2.75, 3.05) is 6.61 Å². The fraction of sp³-hybridized carbons (Fsp3) is 0.533. The quantitative estimate of drug-likeness (QED) is 0.782. The highest BCUT2D eigenvalue weighted by Crippen LogP contribution is 2.41. The van der Waals surface area contributed by atoms with Gasteiger partial charge in [0.1, 0.15) is 5.60 Å². The van der Waals surface area contributed by atoms with Gasteiger partial charge in [-0.25, -0.2) is 8.78 Å². The average Bonchev–Trinajstić information content (AvgIpc) is 2.38. The molecule has 0 amide bonds. The molecule has 2 unspecified atom stereocenters. The summed E-state index contributed by atoms with van der Waals surface area (Å²) >= 11 is 3.25. The fourth-order valence-electron chi connectivity index (χ4n) is 2.30. The van der Waals surface area contributed by atoms with Crippen LogP contribution in [0.4, 0.5) is 8.78 Å². The van der Waals surface area contributed by atoms with Crippen LogP contribution < -0.4 is 0 Å². The number of halogens is 3. The molecule has 0 saturated heterocycles. The second-order valence-corrected chi connectivity index (χ2v) is 5.97. The predicted octanol–water partition coefficient (Wildman–Crippen LogP) is 3.74. The lowest BCUT2D eigenvalue weighted by Crippen LogP contribution is -2.48. The van der Waals surface area contributed by atoms with Gasteiger partial charge < -0.3 is 9.84 Å². The Morgan fingerprint density at radius 1 is 1.33 bits per heavy atom. The summed E-state index contributed by atoms with van der Waals surface area (Å²) in [5, 5.41) is 10.9. The molecular formula is C15H19BrF2O3. The van der Waals surface area contributed by atoms with Crippen LogP contribution >= 0.6 is 15.9 Å². The van der Waals surface area contributed by atoms with E-state index in [0.29, 0.717) is 0 Å². The number of carbonyl (C=O) groups excluding carboxylic acids is 1. The zero-order valence-electron chi connectivity index (χ0n) is 12.1. The minimum Gasteiger partial charge on any atom is -0.466 e. The lowest BCUT2D eigenvalue weighted by atomic mass is 9.73. The van der Waals surface area contributed by atoms with E-state index in [4.69, 9.17) is 4.74 Å². The molecule has 3 nitrogen and oxygen atoms in total. The highest BCUT2D eigenvalue weighted by atomic mass is 79.9. The number of hydrogen-bond donors (Lipinski definition) is 1. The molecule has 0 radical (unpaired) electrons. The number of carbonyl (C=O) groups is 1. The maximum atomic E-state index is 13.4. The van der Waals surface area contributed by atoms with Gasteiger partial charge in [0.15, 0.2) is 5.92 Å². The zero-order valence-corrected chi connectivity index (χ0v) is 13.7. The highest BCUT2D eigenvalue weighted by Gasteiger charge is 2.51. The summed E-state index contributed by atoms with van der Waals surface area (Å²) in [6, 6.07) is 6.32. The second kappa shape index (κ2) is 7.31. The van der Waals surface area contributed by atoms with Crippen LogP contribution in [-0.4, -0.2) is 24.1 Å². The van der Waals surface area contributed by atoms with Crippen molar-refractivity contribution < 1.29 is 23.4 Å². The molecule has 118 valence electrons. The Kier molecular flexibility index (Phi) is 6.28. The number of alkyl halides is 2. The van der Waals surface area contributed by atoms with Gasteiger partial charge in [0, 0.05) is 4.47 Å². The van der Waals surface area contributed by atoms with Gasteiger partial charge in [-0.15, -0.1) is 0 Å². The molecule has 0 saturated carbocycles. The molecule has 0 bridgehead atoms. The van der Waals surface area contributed by atoms with Crippen LogP contribution in [-0.2, 0) is 15.1 Å². The van der Waals surface area contributed by atoms with Crippen LogP contribution in [0.5, 0.6) is 0 Å². The maximum Gasteiger partial charge on any atom is 0.318 e. The van der Waals surface area contributed by atoms with Crippen molar-refractivity contribution in [3.8, 4) is 0 Å². The summed E-state index contributed by atoms with van der Waals surface area (Å²) < 4.78 is 32.3. The Labute approximate surface area is 131 Å². The monoisotopic (exact) mass is 364 g/mol. The van der Waals surface area contributed by atoms with Gasteiger partial charge in [-0.05, 0) is 30.5 Å². The van der Waals surface area contributed by atoms with E-state index in [2.05, 4.69) is 15.9 Å². The summed E-state index contributed by atoms with van der Waals surface area (Å²) in [5.41, 5.74) is -1.74. The van der Waals surface area contributed by atoms with E-state index in [1.807, 2.05) is 0 Å². The first-order valence-corrected chi connectivity index (χ1v) is 7.47. The molecule has 2 atom stereocenters. The lowest BCUT2D eigenvalue weighted by molar-refractivity contribution is -0.178. The minimum atomic E-state index is -3.03. The van der Waals surface area contributed by atoms with Gasteiger partial charge in [-0.1, -0.05) is 41.9 Å². The third-order valence-electron chi connectivity index (χ3n) is 3.45. The van der Waals surface area contributed by atoms with Crippen molar-refractivity contribution in [2.45, 2.75) is 32.8 Å². The molecule has 1 aromatic carbocycles. The first kappa shape index (κ1) is 18.0. The SMILES string of the molecule is CCOC(=O)C(C(F)F)C(O)(c1ccc(Br)cc1)C(C)C. The van der Waals surface area contributed by atoms with Gasteiger partial charge in [-0.2, -0.15) is 0 Å². The van der Waals surface area contributed by atoms with Crippen molar-refractivity contribution in [1.29, 1.82) is 0 Å². The Morgan fingerprint density at radius 2 is 1.86 bits per heavy atom. The van der Waals surface area contributed by atoms with E-state index < -0.39 is 29.8 Å². The van der Waals surface area contributed by atoms with Crippen LogP contribution in [0.25, 0.3) is 0 Å². The summed E-state index contributed by atoms with van der Waals surface area (Å²) in [4.78, 5) is 11.9. The molecule has 6 heteroatoms. The van der Waals surface area contributed by atoms with Gasteiger partial charge in [-0.3, -0.25) is 4.79 Å². The molecule has 0 spiro atoms. The standard InChI is InChI=1S/C15H19BrF2O3/c1-4-21-14(19)12(13(17)18)15(20,9(2)3)10-5-7-11(16)8-6-10/h5-9,12-13,20H,4H2,1-3H3. The van der Waals surface area contributed by atoms with E-state index in [1.54, 1.807) is 26.0 Å². The number of hydrogen-bond acceptors (Lipinski definition) is 3. The molecule has 1 N–H and O–H groups in total. The van der Waals surface area contributed by atoms with E-state index >= 15 is 0 Å². The number of rotatable bonds is 6. The summed E-state index contributed by atoms with van der Waals surface area (Å²) in [5.74, 6) is -3.62. The van der Waals surface area contributed by atoms with Crippen molar-refractivity contribution in [2.24, 2.45) is 11.8 Å². The van der Waals surface area contributed by atoms with Gasteiger partial charge in [0.2, 0.25) is 0 Å². The predicted molar refractivity (Wildman–Crippen MR) is 79.0 cm³/mol. The average molecular weight is 365 g/mol. The number of ether oxygens (including phenoxy) is 1. The highest BCUT2D eigenvalue weighted by molar-refractivity contribution is 9.10. The van der Waals surface area contributed by atoms with Gasteiger partial charge in [0.05, 0.1) is 6.61 Å². The maximum absolute atomic E-state index is 13.4. The fourth-order valence-corrected chi connectivity index (χ4v) is 2.56. The van der Waals surface area contributed by atoms with Crippen molar-refractivity contribution >= 4 is 21.9 Å². The molecule has 0 fully saturated rings. The van der Waals surface area contributed by atoms with E-state index in [1.165, 1.54) is 19.1 Å². The first-order chi connectivity index (χ1) is 9.75. The number of esters is 1. The molecule has 1 aromatic rings. The van der Waals surface area contributed by atoms with E-state index in [0.717, 1.165) is 4.47 Å². The lowest BCUT2D eigenvalue weighted by Gasteiger charge is -2.38. The van der Waals surface area contributed by atoms with Crippen LogP contribution in [0, 0.1) is 11.8 Å². The molecule has 0 aliphatic carbocycles. The Bertz CT molecular complexity index is 476. The van der Waals surface area contributed by atoms with Gasteiger partial charge >= 0.3 is 5.97 Å². The number of benzene rings is 1. The molecular weight excluding hydrogens is 346 g/mol. The third kappa shape index (κ3) is 3.80. The Morgan fingerprint density at radius 3 is 2.24 bits per heavy atom. The minimum absolute atomic E-state index is 0.0173. The van der Waals surface area contributed by atoms with Gasteiger partial charge in [0.25, 0.3) is 6.43 Å². The summed E-state index contributed by atoms with van der Waals surface area (Å²) in [7, 11) is 0. The van der Waals surface area contributed by atoms with Crippen molar-refractivity contribution in [1.82, 2.24) is 0 Å². The van der Waals surface area contributed by atoms with Crippen molar-refractivity contribution in [3.05, 3.63) is 34.3 Å². The molecule has 0 heterocycles. The second-order valence-electron chi connectivity index (χ2n) is 5.05. The van der Waals surface area contributed by atoms with E-state index in [9.17, 15) is 18.7 Å². The molecule has 0 aromatic heterocycles. The molecule has 21 heavy (non-hydrogen) atoms. The van der Waals surface area contributed by atoms with Crippen LogP contribution in [0.1, 0.15) is 26.3 Å². The summed E-state index contributed by atoms with van der Waals surface area (Å²) in [6.45, 7) is 4.71. The van der Waals surface area contributed by atoms with Crippen LogP contribution in [0.3, 0.4) is 0 Å². The zero-order chi connectivity index (χ0) is 16.2. The van der Waals surface area contributed by atoms with Crippen LogP contribution in [0.15, 0.2) is 28.7 Å².